The van der Waals surface area contributed by atoms with Crippen molar-refractivity contribution in [2.45, 2.75) is 0 Å². The number of hydrogen-bond donors (Lipinski definition) is 0. The SMILES string of the molecule is COc1ccc(/C=C/c2nnc(-c3cccc(Cl)c3)o2)cc1. The smallest absolute Gasteiger partial charge is 0.248 e. The Balaban J connectivity index is 1.77. The lowest BCUT2D eigenvalue weighted by molar-refractivity contribution is 0.415. The summed E-state index contributed by atoms with van der Waals surface area (Å²) in [5, 5.41) is 8.65. The van der Waals surface area contributed by atoms with Gasteiger partial charge in [-0.15, -0.1) is 10.2 Å². The third kappa shape index (κ3) is 3.35. The lowest BCUT2D eigenvalue weighted by Gasteiger charge is -1.98. The minimum atomic E-state index is 0.436. The van der Waals surface area contributed by atoms with Crippen LogP contribution in [0.4, 0.5) is 0 Å². The first-order chi connectivity index (χ1) is 10.7. The Morgan fingerprint density at radius 2 is 1.86 bits per heavy atom. The molecule has 0 amide bonds. The van der Waals surface area contributed by atoms with Gasteiger partial charge in [-0.2, -0.15) is 0 Å². The highest BCUT2D eigenvalue weighted by Gasteiger charge is 2.06. The van der Waals surface area contributed by atoms with Crippen molar-refractivity contribution in [1.82, 2.24) is 10.2 Å². The molecule has 0 N–H and O–H groups in total. The molecule has 1 aromatic heterocycles. The number of nitrogens with zero attached hydrogens (tertiary/aromatic N) is 2. The van der Waals surface area contributed by atoms with E-state index >= 15 is 0 Å². The number of hydrogen-bond acceptors (Lipinski definition) is 4. The van der Waals surface area contributed by atoms with Crippen molar-refractivity contribution in [1.29, 1.82) is 0 Å². The van der Waals surface area contributed by atoms with E-state index in [0.29, 0.717) is 16.8 Å². The van der Waals surface area contributed by atoms with Gasteiger partial charge >= 0.3 is 0 Å². The van der Waals surface area contributed by atoms with E-state index in [9.17, 15) is 0 Å². The fourth-order valence-electron chi connectivity index (χ4n) is 1.92. The van der Waals surface area contributed by atoms with Crippen molar-refractivity contribution in [3.63, 3.8) is 0 Å². The fraction of sp³-hybridized carbons (Fsp3) is 0.0588. The molecular weight excluding hydrogens is 300 g/mol. The molecule has 0 atom stereocenters. The summed E-state index contributed by atoms with van der Waals surface area (Å²) in [7, 11) is 1.64. The zero-order valence-corrected chi connectivity index (χ0v) is 12.6. The summed E-state index contributed by atoms with van der Waals surface area (Å²) in [4.78, 5) is 0. The number of methoxy groups -OCH3 is 1. The quantitative estimate of drug-likeness (QED) is 0.708. The topological polar surface area (TPSA) is 48.2 Å². The lowest BCUT2D eigenvalue weighted by atomic mass is 10.2. The van der Waals surface area contributed by atoms with E-state index in [4.69, 9.17) is 20.8 Å². The summed E-state index contributed by atoms with van der Waals surface area (Å²) in [5.74, 6) is 1.70. The Morgan fingerprint density at radius 1 is 1.05 bits per heavy atom. The van der Waals surface area contributed by atoms with Gasteiger partial charge in [-0.1, -0.05) is 29.8 Å². The lowest BCUT2D eigenvalue weighted by Crippen LogP contribution is -1.81. The molecule has 3 aromatic rings. The maximum Gasteiger partial charge on any atom is 0.248 e. The van der Waals surface area contributed by atoms with Gasteiger partial charge in [-0.25, -0.2) is 0 Å². The van der Waals surface area contributed by atoms with Gasteiger partial charge in [0.25, 0.3) is 0 Å². The highest BCUT2D eigenvalue weighted by Crippen LogP contribution is 2.22. The van der Waals surface area contributed by atoms with Crippen LogP contribution in [-0.4, -0.2) is 17.3 Å². The highest BCUT2D eigenvalue weighted by atomic mass is 35.5. The summed E-state index contributed by atoms with van der Waals surface area (Å²) < 4.78 is 10.7. The molecule has 110 valence electrons. The Hall–Kier alpha value is -2.59. The number of benzene rings is 2. The molecule has 0 aliphatic carbocycles. The van der Waals surface area contributed by atoms with Gasteiger partial charge in [-0.05, 0) is 42.0 Å². The van der Waals surface area contributed by atoms with Gasteiger partial charge in [0.2, 0.25) is 11.8 Å². The zero-order valence-electron chi connectivity index (χ0n) is 11.9. The molecule has 1 heterocycles. The summed E-state index contributed by atoms with van der Waals surface area (Å²) >= 11 is 5.95. The predicted molar refractivity (Wildman–Crippen MR) is 86.7 cm³/mol. The van der Waals surface area contributed by atoms with Crippen LogP contribution in [0.1, 0.15) is 11.5 Å². The molecule has 22 heavy (non-hydrogen) atoms. The van der Waals surface area contributed by atoms with Gasteiger partial charge in [0.15, 0.2) is 0 Å². The van der Waals surface area contributed by atoms with Gasteiger partial charge in [-0.3, -0.25) is 0 Å². The van der Waals surface area contributed by atoms with E-state index in [-0.39, 0.29) is 0 Å². The molecule has 3 rings (SSSR count). The maximum atomic E-state index is 5.95. The van der Waals surface area contributed by atoms with Gasteiger partial charge in [0.05, 0.1) is 7.11 Å². The van der Waals surface area contributed by atoms with E-state index in [0.717, 1.165) is 16.9 Å². The summed E-state index contributed by atoms with van der Waals surface area (Å²) in [5.41, 5.74) is 1.81. The van der Waals surface area contributed by atoms with E-state index in [1.54, 1.807) is 25.3 Å². The van der Waals surface area contributed by atoms with E-state index in [1.807, 2.05) is 42.5 Å². The van der Waals surface area contributed by atoms with Crippen LogP contribution in [0.25, 0.3) is 23.6 Å². The fourth-order valence-corrected chi connectivity index (χ4v) is 2.11. The van der Waals surface area contributed by atoms with Gasteiger partial charge in [0.1, 0.15) is 5.75 Å². The first-order valence-corrected chi connectivity index (χ1v) is 7.04. The third-order valence-electron chi connectivity index (χ3n) is 3.05. The van der Waals surface area contributed by atoms with E-state index in [2.05, 4.69) is 10.2 Å². The molecular formula is C17H13ClN2O2. The normalized spacial score (nSPS) is 11.0. The first kappa shape index (κ1) is 14.4. The molecule has 0 radical (unpaired) electrons. The average Bonchev–Trinajstić information content (AvgIpc) is 3.02. The second-order valence-electron chi connectivity index (χ2n) is 4.56. The standard InChI is InChI=1S/C17H13ClN2O2/c1-21-15-8-5-12(6-9-15)7-10-16-19-20-17(22-16)13-3-2-4-14(18)11-13/h2-11H,1H3/b10-7+. The molecule has 0 saturated heterocycles. The predicted octanol–water partition coefficient (Wildman–Crippen LogP) is 4.57. The minimum Gasteiger partial charge on any atom is -0.497 e. The van der Waals surface area contributed by atoms with Crippen molar-refractivity contribution < 1.29 is 9.15 Å². The molecule has 5 heteroatoms. The van der Waals surface area contributed by atoms with E-state index < -0.39 is 0 Å². The van der Waals surface area contributed by atoms with Gasteiger partial charge < -0.3 is 9.15 Å². The van der Waals surface area contributed by atoms with Crippen LogP contribution in [-0.2, 0) is 0 Å². The van der Waals surface area contributed by atoms with Crippen molar-refractivity contribution in [3.8, 4) is 17.2 Å². The van der Waals surface area contributed by atoms with Crippen LogP contribution in [0.2, 0.25) is 5.02 Å². The number of ether oxygens (including phenoxy) is 1. The molecule has 0 fully saturated rings. The maximum absolute atomic E-state index is 5.95. The van der Waals surface area contributed by atoms with Gasteiger partial charge in [0, 0.05) is 16.7 Å². The monoisotopic (exact) mass is 312 g/mol. The molecule has 0 spiro atoms. The Kier molecular flexibility index (Phi) is 4.21. The number of rotatable bonds is 4. The minimum absolute atomic E-state index is 0.436. The molecule has 2 aromatic carbocycles. The molecule has 0 saturated carbocycles. The van der Waals surface area contributed by atoms with Crippen LogP contribution in [0.5, 0.6) is 5.75 Å². The molecule has 0 bridgehead atoms. The van der Waals surface area contributed by atoms with Crippen LogP contribution in [0.3, 0.4) is 0 Å². The van der Waals surface area contributed by atoms with Crippen LogP contribution < -0.4 is 4.74 Å². The Bertz CT molecular complexity index is 794. The second-order valence-corrected chi connectivity index (χ2v) is 5.00. The zero-order chi connectivity index (χ0) is 15.4. The van der Waals surface area contributed by atoms with Crippen molar-refractivity contribution >= 4 is 23.8 Å². The summed E-state index contributed by atoms with van der Waals surface area (Å²) in [6.07, 6.45) is 3.66. The summed E-state index contributed by atoms with van der Waals surface area (Å²) in [6, 6.07) is 15.0. The second kappa shape index (κ2) is 6.45. The molecule has 0 unspecified atom stereocenters. The van der Waals surface area contributed by atoms with Crippen LogP contribution >= 0.6 is 11.6 Å². The molecule has 0 aliphatic heterocycles. The largest absolute Gasteiger partial charge is 0.497 e. The number of halogens is 1. The highest BCUT2D eigenvalue weighted by molar-refractivity contribution is 6.30. The van der Waals surface area contributed by atoms with Crippen molar-refractivity contribution in [2.75, 3.05) is 7.11 Å². The first-order valence-electron chi connectivity index (χ1n) is 6.66. The Labute approximate surface area is 133 Å². The van der Waals surface area contributed by atoms with Crippen molar-refractivity contribution in [2.24, 2.45) is 0 Å². The van der Waals surface area contributed by atoms with Crippen molar-refractivity contribution in [3.05, 3.63) is 65.0 Å². The average molecular weight is 313 g/mol. The Morgan fingerprint density at radius 3 is 2.59 bits per heavy atom. The molecule has 4 nitrogen and oxygen atoms in total. The van der Waals surface area contributed by atoms with Crippen LogP contribution in [0, 0.1) is 0 Å². The summed E-state index contributed by atoms with van der Waals surface area (Å²) in [6.45, 7) is 0. The third-order valence-corrected chi connectivity index (χ3v) is 3.28. The van der Waals surface area contributed by atoms with Crippen LogP contribution in [0.15, 0.2) is 52.9 Å². The van der Waals surface area contributed by atoms with E-state index in [1.165, 1.54) is 0 Å². The molecule has 0 aliphatic rings. The number of aromatic nitrogens is 2.